The van der Waals surface area contributed by atoms with E-state index in [2.05, 4.69) is 0 Å². The lowest BCUT2D eigenvalue weighted by molar-refractivity contribution is -0.137. The number of likely N-dealkylation sites (tertiary alicyclic amines) is 1. The number of rotatable bonds is 6. The van der Waals surface area contributed by atoms with Gasteiger partial charge in [0.15, 0.2) is 9.84 Å². The zero-order chi connectivity index (χ0) is 18.6. The van der Waals surface area contributed by atoms with Crippen molar-refractivity contribution in [3.8, 4) is 0 Å². The maximum Gasteiger partial charge on any atom is 0.303 e. The van der Waals surface area contributed by atoms with Gasteiger partial charge in [-0.2, -0.15) is 0 Å². The van der Waals surface area contributed by atoms with E-state index >= 15 is 0 Å². The minimum absolute atomic E-state index is 0.107. The number of piperidine rings is 1. The number of sulfone groups is 1. The third kappa shape index (κ3) is 5.04. The topological polar surface area (TPSA) is 91.8 Å². The van der Waals surface area contributed by atoms with Crippen LogP contribution in [0, 0.1) is 5.92 Å². The molecule has 7 heteroatoms. The molecule has 0 radical (unpaired) electrons. The van der Waals surface area contributed by atoms with E-state index in [0.29, 0.717) is 37.1 Å². The van der Waals surface area contributed by atoms with Crippen molar-refractivity contribution in [1.29, 1.82) is 0 Å². The largest absolute Gasteiger partial charge is 0.481 e. The van der Waals surface area contributed by atoms with E-state index in [1.54, 1.807) is 17.0 Å². The molecule has 1 aliphatic heterocycles. The Labute approximate surface area is 148 Å². The summed E-state index contributed by atoms with van der Waals surface area (Å²) in [5.74, 6) is -0.831. The van der Waals surface area contributed by atoms with Gasteiger partial charge in [0.2, 0.25) is 0 Å². The van der Waals surface area contributed by atoms with Gasteiger partial charge in [-0.05, 0) is 49.3 Å². The zero-order valence-electron chi connectivity index (χ0n) is 14.7. The van der Waals surface area contributed by atoms with Gasteiger partial charge in [0.05, 0.1) is 4.90 Å². The van der Waals surface area contributed by atoms with Crippen LogP contribution < -0.4 is 0 Å². The van der Waals surface area contributed by atoms with Crippen molar-refractivity contribution in [3.63, 3.8) is 0 Å². The lowest BCUT2D eigenvalue weighted by atomic mass is 9.93. The van der Waals surface area contributed by atoms with Crippen LogP contribution in [0.4, 0.5) is 0 Å². The zero-order valence-corrected chi connectivity index (χ0v) is 15.5. The number of aryl methyl sites for hydroxylation is 1. The van der Waals surface area contributed by atoms with E-state index in [1.807, 2.05) is 6.92 Å². The molecule has 2 rings (SSSR count). The maximum absolute atomic E-state index is 12.8. The molecular weight excluding hydrogens is 342 g/mol. The number of carboxylic acids is 1. The second-order valence-corrected chi connectivity index (χ2v) is 8.62. The molecule has 0 aliphatic carbocycles. The van der Waals surface area contributed by atoms with Crippen LogP contribution in [0.5, 0.6) is 0 Å². The standard InChI is InChI=1S/C18H25NO5S/c1-3-14-7-8-15(11-16(14)25(2,23)24)18(22)19-10-4-5-13(12-19)6-9-17(20)21/h7-8,11,13H,3-6,9-10,12H2,1-2H3,(H,20,21). The molecule has 0 aromatic heterocycles. The Morgan fingerprint density at radius 1 is 1.32 bits per heavy atom. The average Bonchev–Trinajstić information content (AvgIpc) is 2.58. The smallest absolute Gasteiger partial charge is 0.303 e. The summed E-state index contributed by atoms with van der Waals surface area (Å²) in [6.45, 7) is 3.02. The molecule has 1 atom stereocenters. The summed E-state index contributed by atoms with van der Waals surface area (Å²) in [6.07, 6.45) is 4.15. The Bertz CT molecular complexity index is 757. The first kappa shape index (κ1) is 19.4. The molecule has 0 spiro atoms. The quantitative estimate of drug-likeness (QED) is 0.833. The lowest BCUT2D eigenvalue weighted by Gasteiger charge is -2.32. The van der Waals surface area contributed by atoms with Crippen molar-refractivity contribution in [2.75, 3.05) is 19.3 Å². The van der Waals surface area contributed by atoms with Crippen molar-refractivity contribution < 1.29 is 23.1 Å². The third-order valence-electron chi connectivity index (χ3n) is 4.67. The van der Waals surface area contributed by atoms with Gasteiger partial charge in [0.25, 0.3) is 5.91 Å². The van der Waals surface area contributed by atoms with Crippen LogP contribution in [0.3, 0.4) is 0 Å². The number of aliphatic carboxylic acids is 1. The summed E-state index contributed by atoms with van der Waals surface area (Å²) in [7, 11) is -3.40. The Hall–Kier alpha value is -1.89. The molecule has 1 fully saturated rings. The monoisotopic (exact) mass is 367 g/mol. The summed E-state index contributed by atoms with van der Waals surface area (Å²) in [4.78, 5) is 25.4. The SMILES string of the molecule is CCc1ccc(C(=O)N2CCCC(CCC(=O)O)C2)cc1S(C)(=O)=O. The van der Waals surface area contributed by atoms with Crippen LogP contribution in [0.2, 0.25) is 0 Å². The van der Waals surface area contributed by atoms with Crippen LogP contribution in [0.15, 0.2) is 23.1 Å². The predicted molar refractivity (Wildman–Crippen MR) is 94.4 cm³/mol. The Kier molecular flexibility index (Phi) is 6.21. The number of benzene rings is 1. The van der Waals surface area contributed by atoms with E-state index in [9.17, 15) is 18.0 Å². The highest BCUT2D eigenvalue weighted by Gasteiger charge is 2.26. The van der Waals surface area contributed by atoms with Crippen LogP contribution >= 0.6 is 0 Å². The number of carbonyl (C=O) groups is 2. The van der Waals surface area contributed by atoms with Crippen LogP contribution in [0.1, 0.15) is 48.5 Å². The minimum atomic E-state index is -3.40. The minimum Gasteiger partial charge on any atom is -0.481 e. The van der Waals surface area contributed by atoms with E-state index in [1.165, 1.54) is 6.07 Å². The number of carbonyl (C=O) groups excluding carboxylic acids is 1. The Morgan fingerprint density at radius 2 is 2.04 bits per heavy atom. The molecular formula is C18H25NO5S. The van der Waals surface area contributed by atoms with Crippen molar-refractivity contribution in [2.24, 2.45) is 5.92 Å². The first-order chi connectivity index (χ1) is 11.7. The average molecular weight is 367 g/mol. The van der Waals surface area contributed by atoms with Gasteiger partial charge < -0.3 is 10.0 Å². The predicted octanol–water partition coefficient (Wildman–Crippen LogP) is 2.37. The van der Waals surface area contributed by atoms with E-state index < -0.39 is 15.8 Å². The second-order valence-electron chi connectivity index (χ2n) is 6.64. The highest BCUT2D eigenvalue weighted by molar-refractivity contribution is 7.90. The van der Waals surface area contributed by atoms with Gasteiger partial charge in [-0.15, -0.1) is 0 Å². The molecule has 1 amide bonds. The first-order valence-corrected chi connectivity index (χ1v) is 10.5. The van der Waals surface area contributed by atoms with E-state index in [4.69, 9.17) is 5.11 Å². The summed E-state index contributed by atoms with van der Waals surface area (Å²) in [6, 6.07) is 4.85. The van der Waals surface area contributed by atoms with E-state index in [0.717, 1.165) is 19.1 Å². The fraction of sp³-hybridized carbons (Fsp3) is 0.556. The molecule has 1 unspecified atom stereocenters. The molecule has 1 heterocycles. The highest BCUT2D eigenvalue weighted by atomic mass is 32.2. The van der Waals surface area contributed by atoms with Crippen molar-refractivity contribution >= 4 is 21.7 Å². The van der Waals surface area contributed by atoms with Crippen LogP contribution in [-0.4, -0.2) is 49.6 Å². The number of hydrogen-bond donors (Lipinski definition) is 1. The Morgan fingerprint density at radius 3 is 2.64 bits per heavy atom. The molecule has 1 saturated heterocycles. The van der Waals surface area contributed by atoms with Crippen molar-refractivity contribution in [3.05, 3.63) is 29.3 Å². The molecule has 25 heavy (non-hydrogen) atoms. The van der Waals surface area contributed by atoms with Gasteiger partial charge in [-0.1, -0.05) is 13.0 Å². The summed E-state index contributed by atoms with van der Waals surface area (Å²) >= 11 is 0. The fourth-order valence-corrected chi connectivity index (χ4v) is 4.35. The van der Waals surface area contributed by atoms with Crippen LogP contribution in [0.25, 0.3) is 0 Å². The molecule has 138 valence electrons. The van der Waals surface area contributed by atoms with Crippen molar-refractivity contribution in [1.82, 2.24) is 4.90 Å². The first-order valence-electron chi connectivity index (χ1n) is 8.56. The van der Waals surface area contributed by atoms with Gasteiger partial charge >= 0.3 is 5.97 Å². The lowest BCUT2D eigenvalue weighted by Crippen LogP contribution is -2.40. The van der Waals surface area contributed by atoms with Gasteiger partial charge in [-0.3, -0.25) is 9.59 Å². The summed E-state index contributed by atoms with van der Waals surface area (Å²) in [5, 5.41) is 8.82. The number of carboxylic acid groups (broad SMARTS) is 1. The normalized spacial score (nSPS) is 18.2. The van der Waals surface area contributed by atoms with Crippen molar-refractivity contribution in [2.45, 2.75) is 43.9 Å². The third-order valence-corrected chi connectivity index (χ3v) is 5.85. The molecule has 0 saturated carbocycles. The van der Waals surface area contributed by atoms with E-state index in [-0.39, 0.29) is 23.1 Å². The molecule has 1 N–H and O–H groups in total. The molecule has 1 aromatic rings. The second kappa shape index (κ2) is 7.99. The highest BCUT2D eigenvalue weighted by Crippen LogP contribution is 2.24. The number of amides is 1. The number of hydrogen-bond acceptors (Lipinski definition) is 4. The molecule has 0 bridgehead atoms. The fourth-order valence-electron chi connectivity index (χ4n) is 3.32. The molecule has 1 aromatic carbocycles. The van der Waals surface area contributed by atoms with Gasteiger partial charge in [0.1, 0.15) is 0 Å². The van der Waals surface area contributed by atoms with Gasteiger partial charge in [-0.25, -0.2) is 8.42 Å². The maximum atomic E-state index is 12.8. The summed E-state index contributed by atoms with van der Waals surface area (Å²) < 4.78 is 24.0. The Balaban J connectivity index is 2.18. The molecule has 6 nitrogen and oxygen atoms in total. The summed E-state index contributed by atoms with van der Waals surface area (Å²) in [5.41, 5.74) is 1.08. The van der Waals surface area contributed by atoms with Crippen LogP contribution in [-0.2, 0) is 21.1 Å². The van der Waals surface area contributed by atoms with Gasteiger partial charge in [0, 0.05) is 31.3 Å². The molecule has 1 aliphatic rings. The number of nitrogens with zero attached hydrogens (tertiary/aromatic N) is 1.